The maximum atomic E-state index is 6.36. The maximum absolute atomic E-state index is 6.36. The number of hydrogen-bond donors (Lipinski definition) is 1. The summed E-state index contributed by atoms with van der Waals surface area (Å²) in [5.74, 6) is 1.86. The third-order valence-electron chi connectivity index (χ3n) is 3.59. The van der Waals surface area contributed by atoms with Gasteiger partial charge in [0.15, 0.2) is 0 Å². The Hall–Kier alpha value is -0.930. The Morgan fingerprint density at radius 1 is 1.20 bits per heavy atom. The van der Waals surface area contributed by atoms with Crippen molar-refractivity contribution in [3.05, 3.63) is 22.7 Å². The Bertz CT molecular complexity index is 423. The second kappa shape index (κ2) is 8.38. The molecule has 0 radical (unpaired) electrons. The summed E-state index contributed by atoms with van der Waals surface area (Å²) in [6, 6.07) is 4.19. The van der Waals surface area contributed by atoms with Gasteiger partial charge >= 0.3 is 0 Å². The minimum Gasteiger partial charge on any atom is -0.495 e. The van der Waals surface area contributed by atoms with E-state index in [0.29, 0.717) is 22.4 Å². The fraction of sp³-hybridized carbons (Fsp3) is 0.625. The van der Waals surface area contributed by atoms with E-state index in [-0.39, 0.29) is 6.04 Å². The normalized spacial score (nSPS) is 13.9. The van der Waals surface area contributed by atoms with Crippen molar-refractivity contribution >= 4 is 11.6 Å². The molecule has 0 fully saturated rings. The van der Waals surface area contributed by atoms with Gasteiger partial charge in [-0.05, 0) is 31.0 Å². The predicted octanol–water partition coefficient (Wildman–Crippen LogP) is 4.44. The van der Waals surface area contributed by atoms with Crippen molar-refractivity contribution in [1.82, 2.24) is 5.32 Å². The van der Waals surface area contributed by atoms with Gasteiger partial charge in [-0.25, -0.2) is 0 Å². The van der Waals surface area contributed by atoms with Gasteiger partial charge in [0, 0.05) is 11.6 Å². The van der Waals surface area contributed by atoms with E-state index in [9.17, 15) is 0 Å². The summed E-state index contributed by atoms with van der Waals surface area (Å²) in [5, 5.41) is 4.08. The Morgan fingerprint density at radius 3 is 2.40 bits per heavy atom. The zero-order valence-electron chi connectivity index (χ0n) is 13.1. The van der Waals surface area contributed by atoms with E-state index in [4.69, 9.17) is 21.1 Å². The smallest absolute Gasteiger partial charge is 0.146 e. The highest BCUT2D eigenvalue weighted by atomic mass is 35.5. The van der Waals surface area contributed by atoms with Gasteiger partial charge in [0.25, 0.3) is 0 Å². The molecule has 1 aromatic rings. The summed E-state index contributed by atoms with van der Waals surface area (Å²) in [4.78, 5) is 0. The largest absolute Gasteiger partial charge is 0.495 e. The summed E-state index contributed by atoms with van der Waals surface area (Å²) in [7, 11) is 3.26. The molecule has 0 aromatic heterocycles. The molecule has 114 valence electrons. The molecule has 0 spiro atoms. The highest BCUT2D eigenvalue weighted by Crippen LogP contribution is 2.41. The SMILES string of the molecule is CCCC(C)C(NCC)c1ccc(OC)c(Cl)c1OC. The van der Waals surface area contributed by atoms with Crippen LogP contribution in [0.4, 0.5) is 0 Å². The van der Waals surface area contributed by atoms with Crippen LogP contribution in [0.25, 0.3) is 0 Å². The molecule has 0 amide bonds. The van der Waals surface area contributed by atoms with E-state index in [1.807, 2.05) is 12.1 Å². The van der Waals surface area contributed by atoms with Crippen molar-refractivity contribution in [2.24, 2.45) is 5.92 Å². The summed E-state index contributed by atoms with van der Waals surface area (Å²) in [6.07, 6.45) is 2.32. The fourth-order valence-corrected chi connectivity index (χ4v) is 2.95. The molecule has 1 N–H and O–H groups in total. The van der Waals surface area contributed by atoms with Crippen LogP contribution in [0.15, 0.2) is 12.1 Å². The van der Waals surface area contributed by atoms with Crippen molar-refractivity contribution in [1.29, 1.82) is 0 Å². The first-order valence-electron chi connectivity index (χ1n) is 7.24. The molecular formula is C16H26ClNO2. The molecule has 0 aliphatic heterocycles. The Morgan fingerprint density at radius 2 is 1.90 bits per heavy atom. The van der Waals surface area contributed by atoms with E-state index >= 15 is 0 Å². The van der Waals surface area contributed by atoms with Crippen LogP contribution >= 0.6 is 11.6 Å². The lowest BCUT2D eigenvalue weighted by molar-refractivity contribution is 0.343. The third kappa shape index (κ3) is 3.80. The molecule has 0 aliphatic rings. The van der Waals surface area contributed by atoms with E-state index in [1.165, 1.54) is 0 Å². The molecule has 0 bridgehead atoms. The molecule has 4 heteroatoms. The van der Waals surface area contributed by atoms with Gasteiger partial charge in [0.2, 0.25) is 0 Å². The molecule has 20 heavy (non-hydrogen) atoms. The van der Waals surface area contributed by atoms with Gasteiger partial charge < -0.3 is 14.8 Å². The zero-order chi connectivity index (χ0) is 15.1. The average molecular weight is 300 g/mol. The first-order chi connectivity index (χ1) is 9.60. The molecule has 0 saturated carbocycles. The topological polar surface area (TPSA) is 30.5 Å². The molecule has 1 rings (SSSR count). The summed E-state index contributed by atoms with van der Waals surface area (Å²) in [6.45, 7) is 7.49. The van der Waals surface area contributed by atoms with Gasteiger partial charge in [-0.15, -0.1) is 0 Å². The molecule has 3 nitrogen and oxygen atoms in total. The second-order valence-corrected chi connectivity index (χ2v) is 5.38. The van der Waals surface area contributed by atoms with Crippen molar-refractivity contribution in [3.8, 4) is 11.5 Å². The number of methoxy groups -OCH3 is 2. The average Bonchev–Trinajstić information content (AvgIpc) is 2.44. The summed E-state index contributed by atoms with van der Waals surface area (Å²) in [5.41, 5.74) is 1.10. The minimum absolute atomic E-state index is 0.235. The van der Waals surface area contributed by atoms with Gasteiger partial charge in [-0.3, -0.25) is 0 Å². The maximum Gasteiger partial charge on any atom is 0.146 e. The van der Waals surface area contributed by atoms with Gasteiger partial charge in [0.1, 0.15) is 16.5 Å². The highest BCUT2D eigenvalue weighted by molar-refractivity contribution is 6.33. The van der Waals surface area contributed by atoms with Crippen LogP contribution in [0.5, 0.6) is 11.5 Å². The Balaban J connectivity index is 3.22. The Labute approximate surface area is 127 Å². The van der Waals surface area contributed by atoms with Gasteiger partial charge in [0.05, 0.1) is 14.2 Å². The molecule has 1 aromatic carbocycles. The quantitative estimate of drug-likeness (QED) is 0.769. The number of nitrogens with one attached hydrogen (secondary N) is 1. The number of halogens is 1. The van der Waals surface area contributed by atoms with Crippen LogP contribution in [-0.4, -0.2) is 20.8 Å². The second-order valence-electron chi connectivity index (χ2n) is 5.01. The first kappa shape index (κ1) is 17.1. The molecule has 0 heterocycles. The number of hydrogen-bond acceptors (Lipinski definition) is 3. The van der Waals surface area contributed by atoms with Crippen LogP contribution < -0.4 is 14.8 Å². The lowest BCUT2D eigenvalue weighted by atomic mass is 9.90. The summed E-state index contributed by atoms with van der Waals surface area (Å²) >= 11 is 6.36. The van der Waals surface area contributed by atoms with Crippen molar-refractivity contribution in [2.45, 2.75) is 39.7 Å². The molecule has 2 unspecified atom stereocenters. The minimum atomic E-state index is 0.235. The standard InChI is InChI=1S/C16H26ClNO2/c1-6-8-11(3)15(18-7-2)12-9-10-13(19-4)14(17)16(12)20-5/h9-11,15,18H,6-8H2,1-5H3. The van der Waals surface area contributed by atoms with Crippen LogP contribution in [0.3, 0.4) is 0 Å². The van der Waals surface area contributed by atoms with Crippen molar-refractivity contribution in [3.63, 3.8) is 0 Å². The molecule has 0 aliphatic carbocycles. The van der Waals surface area contributed by atoms with Crippen LogP contribution in [0, 0.1) is 5.92 Å². The predicted molar refractivity (Wildman–Crippen MR) is 85.0 cm³/mol. The zero-order valence-corrected chi connectivity index (χ0v) is 13.9. The summed E-state index contributed by atoms with van der Waals surface area (Å²) < 4.78 is 10.8. The number of ether oxygens (including phenoxy) is 2. The number of rotatable bonds is 8. The van der Waals surface area contributed by atoms with Crippen molar-refractivity contribution in [2.75, 3.05) is 20.8 Å². The third-order valence-corrected chi connectivity index (χ3v) is 3.95. The number of benzene rings is 1. The van der Waals surface area contributed by atoms with Crippen LogP contribution in [-0.2, 0) is 0 Å². The lowest BCUT2D eigenvalue weighted by Gasteiger charge is -2.27. The van der Waals surface area contributed by atoms with Crippen LogP contribution in [0.2, 0.25) is 5.02 Å². The lowest BCUT2D eigenvalue weighted by Crippen LogP contribution is -2.27. The van der Waals surface area contributed by atoms with E-state index < -0.39 is 0 Å². The van der Waals surface area contributed by atoms with Crippen molar-refractivity contribution < 1.29 is 9.47 Å². The molecule has 0 saturated heterocycles. The van der Waals surface area contributed by atoms with E-state index in [2.05, 4.69) is 26.1 Å². The van der Waals surface area contributed by atoms with E-state index in [0.717, 1.165) is 24.9 Å². The first-order valence-corrected chi connectivity index (χ1v) is 7.62. The molecule has 2 atom stereocenters. The molecular weight excluding hydrogens is 274 g/mol. The fourth-order valence-electron chi connectivity index (χ4n) is 2.62. The van der Waals surface area contributed by atoms with Gasteiger partial charge in [-0.1, -0.05) is 38.8 Å². The van der Waals surface area contributed by atoms with Gasteiger partial charge in [-0.2, -0.15) is 0 Å². The highest BCUT2D eigenvalue weighted by Gasteiger charge is 2.24. The Kier molecular flexibility index (Phi) is 7.17. The van der Waals surface area contributed by atoms with Crippen LogP contribution in [0.1, 0.15) is 45.2 Å². The van der Waals surface area contributed by atoms with E-state index in [1.54, 1.807) is 14.2 Å². The monoisotopic (exact) mass is 299 g/mol.